The third kappa shape index (κ3) is 3.68. The minimum absolute atomic E-state index is 0.0901. The van der Waals surface area contributed by atoms with E-state index in [0.717, 1.165) is 4.47 Å². The molecule has 0 aliphatic heterocycles. The number of nitrogens with zero attached hydrogens (tertiary/aromatic N) is 3. The molecule has 0 aliphatic rings. The molecule has 0 bridgehead atoms. The molecule has 0 atom stereocenters. The molecule has 0 radical (unpaired) electrons. The molecule has 1 heterocycles. The number of halogens is 2. The van der Waals surface area contributed by atoms with Gasteiger partial charge in [0.1, 0.15) is 12.4 Å². The Morgan fingerprint density at radius 2 is 2.32 bits per heavy atom. The van der Waals surface area contributed by atoms with E-state index in [-0.39, 0.29) is 5.69 Å². The van der Waals surface area contributed by atoms with Crippen molar-refractivity contribution in [2.24, 2.45) is 0 Å². The number of aromatic nitrogens is 3. The molecule has 19 heavy (non-hydrogen) atoms. The van der Waals surface area contributed by atoms with Gasteiger partial charge in [-0.05, 0) is 34.1 Å². The number of carbonyl (C=O) groups is 1. The van der Waals surface area contributed by atoms with Crippen LogP contribution in [-0.4, -0.2) is 32.7 Å². The zero-order valence-electron chi connectivity index (χ0n) is 9.58. The van der Waals surface area contributed by atoms with Crippen molar-refractivity contribution in [3.8, 4) is 5.75 Å². The van der Waals surface area contributed by atoms with Gasteiger partial charge < -0.3 is 9.84 Å². The predicted octanol–water partition coefficient (Wildman–Crippen LogP) is 2.47. The lowest BCUT2D eigenvalue weighted by Gasteiger charge is -2.07. The number of rotatable bonds is 5. The highest BCUT2D eigenvalue weighted by atomic mass is 79.9. The highest BCUT2D eigenvalue weighted by Crippen LogP contribution is 2.27. The van der Waals surface area contributed by atoms with Gasteiger partial charge in [-0.3, -0.25) is 0 Å². The summed E-state index contributed by atoms with van der Waals surface area (Å²) in [6.07, 6.45) is 1.35. The Balaban J connectivity index is 1.90. The molecule has 0 saturated carbocycles. The monoisotopic (exact) mass is 345 g/mol. The SMILES string of the molecule is O=C(O)c1cn(CCOc2ccc(Cl)cc2Br)nn1. The van der Waals surface area contributed by atoms with E-state index in [1.165, 1.54) is 10.9 Å². The Morgan fingerprint density at radius 3 is 2.95 bits per heavy atom. The topological polar surface area (TPSA) is 77.2 Å². The fourth-order valence-corrected chi connectivity index (χ4v) is 2.14. The van der Waals surface area contributed by atoms with Gasteiger partial charge in [0.25, 0.3) is 0 Å². The minimum Gasteiger partial charge on any atom is -0.490 e. The number of aromatic carboxylic acids is 1. The maximum Gasteiger partial charge on any atom is 0.358 e. The maximum atomic E-state index is 10.6. The van der Waals surface area contributed by atoms with Gasteiger partial charge in [0.2, 0.25) is 0 Å². The first-order chi connectivity index (χ1) is 9.06. The van der Waals surface area contributed by atoms with E-state index in [2.05, 4.69) is 26.2 Å². The molecule has 0 saturated heterocycles. The van der Waals surface area contributed by atoms with Crippen molar-refractivity contribution in [3.05, 3.63) is 39.6 Å². The Labute approximate surface area is 122 Å². The lowest BCUT2D eigenvalue weighted by Crippen LogP contribution is -2.09. The van der Waals surface area contributed by atoms with E-state index in [1.807, 2.05) is 0 Å². The van der Waals surface area contributed by atoms with E-state index in [9.17, 15) is 4.79 Å². The second-order valence-corrected chi connectivity index (χ2v) is 4.89. The Morgan fingerprint density at radius 1 is 1.53 bits per heavy atom. The van der Waals surface area contributed by atoms with Gasteiger partial charge >= 0.3 is 5.97 Å². The number of benzene rings is 1. The highest BCUT2D eigenvalue weighted by molar-refractivity contribution is 9.10. The van der Waals surface area contributed by atoms with Gasteiger partial charge in [-0.15, -0.1) is 5.10 Å². The number of hydrogen-bond donors (Lipinski definition) is 1. The van der Waals surface area contributed by atoms with E-state index in [0.29, 0.717) is 23.9 Å². The lowest BCUT2D eigenvalue weighted by molar-refractivity contribution is 0.0690. The fourth-order valence-electron chi connectivity index (χ4n) is 1.35. The number of ether oxygens (including phenoxy) is 1. The van der Waals surface area contributed by atoms with Crippen molar-refractivity contribution < 1.29 is 14.6 Å². The summed E-state index contributed by atoms with van der Waals surface area (Å²) in [5, 5.41) is 16.5. The van der Waals surface area contributed by atoms with E-state index in [1.54, 1.807) is 18.2 Å². The average Bonchev–Trinajstić information content (AvgIpc) is 2.81. The van der Waals surface area contributed by atoms with Crippen LogP contribution in [0.1, 0.15) is 10.5 Å². The zero-order chi connectivity index (χ0) is 13.8. The van der Waals surface area contributed by atoms with Crippen molar-refractivity contribution in [2.45, 2.75) is 6.54 Å². The third-order valence-corrected chi connectivity index (χ3v) is 3.08. The largest absolute Gasteiger partial charge is 0.490 e. The summed E-state index contributed by atoms with van der Waals surface area (Å²) >= 11 is 9.15. The van der Waals surface area contributed by atoms with Crippen LogP contribution in [0, 0.1) is 0 Å². The summed E-state index contributed by atoms with van der Waals surface area (Å²) in [7, 11) is 0. The van der Waals surface area contributed by atoms with Crippen LogP contribution in [0.4, 0.5) is 0 Å². The molecule has 8 heteroatoms. The van der Waals surface area contributed by atoms with Crippen LogP contribution in [0.5, 0.6) is 5.75 Å². The normalized spacial score (nSPS) is 10.4. The molecule has 0 fully saturated rings. The van der Waals surface area contributed by atoms with Crippen molar-refractivity contribution in [2.75, 3.05) is 6.61 Å². The smallest absolute Gasteiger partial charge is 0.358 e. The Bertz CT molecular complexity index is 603. The van der Waals surface area contributed by atoms with Crippen molar-refractivity contribution in [1.82, 2.24) is 15.0 Å². The maximum absolute atomic E-state index is 10.6. The molecule has 6 nitrogen and oxygen atoms in total. The molecule has 100 valence electrons. The molecular formula is C11H9BrClN3O3. The second-order valence-electron chi connectivity index (χ2n) is 3.60. The quantitative estimate of drug-likeness (QED) is 0.900. The summed E-state index contributed by atoms with van der Waals surface area (Å²) in [6.45, 7) is 0.734. The van der Waals surface area contributed by atoms with E-state index in [4.69, 9.17) is 21.4 Å². The second kappa shape index (κ2) is 6.03. The van der Waals surface area contributed by atoms with Gasteiger partial charge in [-0.2, -0.15) is 0 Å². The summed E-state index contributed by atoms with van der Waals surface area (Å²) in [5.41, 5.74) is -0.0901. The van der Waals surface area contributed by atoms with Gasteiger partial charge in [-0.1, -0.05) is 16.8 Å². The summed E-state index contributed by atoms with van der Waals surface area (Å²) in [4.78, 5) is 10.6. The molecule has 0 unspecified atom stereocenters. The molecule has 1 aromatic carbocycles. The number of carboxylic acids is 1. The Hall–Kier alpha value is -1.60. The lowest BCUT2D eigenvalue weighted by atomic mass is 10.3. The van der Waals surface area contributed by atoms with Gasteiger partial charge in [0.15, 0.2) is 5.69 Å². The van der Waals surface area contributed by atoms with Crippen LogP contribution < -0.4 is 4.74 Å². The third-order valence-electron chi connectivity index (χ3n) is 2.23. The summed E-state index contributed by atoms with van der Waals surface area (Å²) < 4.78 is 7.69. The first-order valence-corrected chi connectivity index (χ1v) is 6.44. The first-order valence-electron chi connectivity index (χ1n) is 5.27. The fraction of sp³-hybridized carbons (Fsp3) is 0.182. The van der Waals surface area contributed by atoms with Gasteiger partial charge in [0.05, 0.1) is 17.2 Å². The average molecular weight is 347 g/mol. The van der Waals surface area contributed by atoms with Crippen LogP contribution >= 0.6 is 27.5 Å². The molecule has 2 aromatic rings. The van der Waals surface area contributed by atoms with Crippen molar-refractivity contribution in [3.63, 3.8) is 0 Å². The number of carboxylic acid groups (broad SMARTS) is 1. The number of hydrogen-bond acceptors (Lipinski definition) is 4. The van der Waals surface area contributed by atoms with Crippen molar-refractivity contribution in [1.29, 1.82) is 0 Å². The van der Waals surface area contributed by atoms with Gasteiger partial charge in [0, 0.05) is 5.02 Å². The molecule has 0 aliphatic carbocycles. The Kier molecular flexibility index (Phi) is 4.39. The molecule has 0 spiro atoms. The van der Waals surface area contributed by atoms with Crippen molar-refractivity contribution >= 4 is 33.5 Å². The molecule has 1 N–H and O–H groups in total. The van der Waals surface area contributed by atoms with Gasteiger partial charge in [-0.25, -0.2) is 9.48 Å². The molecular weight excluding hydrogens is 337 g/mol. The standard InChI is InChI=1S/C11H9BrClN3O3/c12-8-5-7(13)1-2-10(8)19-4-3-16-6-9(11(17)18)14-15-16/h1-2,5-6H,3-4H2,(H,17,18). The van der Waals surface area contributed by atoms with Crippen LogP contribution in [0.15, 0.2) is 28.9 Å². The zero-order valence-corrected chi connectivity index (χ0v) is 11.9. The molecule has 0 amide bonds. The van der Waals surface area contributed by atoms with Crippen LogP contribution in [0.25, 0.3) is 0 Å². The summed E-state index contributed by atoms with van der Waals surface area (Å²) in [5.74, 6) is -0.449. The summed E-state index contributed by atoms with van der Waals surface area (Å²) in [6, 6.07) is 5.20. The predicted molar refractivity (Wildman–Crippen MR) is 71.6 cm³/mol. The van der Waals surface area contributed by atoms with Crippen LogP contribution in [0.3, 0.4) is 0 Å². The van der Waals surface area contributed by atoms with Crippen LogP contribution in [-0.2, 0) is 6.54 Å². The minimum atomic E-state index is -1.10. The van der Waals surface area contributed by atoms with E-state index < -0.39 is 5.97 Å². The van der Waals surface area contributed by atoms with E-state index >= 15 is 0 Å². The molecule has 1 aromatic heterocycles. The van der Waals surface area contributed by atoms with Crippen LogP contribution in [0.2, 0.25) is 5.02 Å². The highest BCUT2D eigenvalue weighted by Gasteiger charge is 2.08. The molecule has 2 rings (SSSR count). The first kappa shape index (κ1) is 13.8.